The fourth-order valence-electron chi connectivity index (χ4n) is 1.56. The lowest BCUT2D eigenvalue weighted by Gasteiger charge is -2.23. The summed E-state index contributed by atoms with van der Waals surface area (Å²) in [5, 5.41) is 9.49. The second kappa shape index (κ2) is 6.44. The van der Waals surface area contributed by atoms with Gasteiger partial charge in [0.05, 0.1) is 16.6 Å². The van der Waals surface area contributed by atoms with Crippen LogP contribution in [0.1, 0.15) is 13.8 Å². The molecule has 0 saturated heterocycles. The molecule has 0 radical (unpaired) electrons. The first-order chi connectivity index (χ1) is 9.33. The number of aromatic nitrogens is 2. The molecular weight excluding hydrogens is 280 g/mol. The molecule has 0 atom stereocenters. The molecule has 2 N–H and O–H groups in total. The third kappa shape index (κ3) is 3.52. The van der Waals surface area contributed by atoms with Gasteiger partial charge in [0.15, 0.2) is 0 Å². The molecule has 0 bridgehead atoms. The third-order valence-electron chi connectivity index (χ3n) is 2.79. The van der Waals surface area contributed by atoms with Gasteiger partial charge in [0, 0.05) is 13.6 Å². The Kier molecular flexibility index (Phi) is 5.17. The molecule has 0 saturated carbocycles. The van der Waals surface area contributed by atoms with Gasteiger partial charge in [-0.3, -0.25) is 9.59 Å². The quantitative estimate of drug-likeness (QED) is 0.785. The highest BCUT2D eigenvalue weighted by atomic mass is 35.5. The minimum Gasteiger partial charge on any atom is -0.378 e. The topological polar surface area (TPSA) is 76.0 Å². The summed E-state index contributed by atoms with van der Waals surface area (Å²) in [6.07, 6.45) is 6.51. The number of rotatable bonds is 5. The summed E-state index contributed by atoms with van der Waals surface area (Å²) < 4.78 is 1.13. The minimum atomic E-state index is -0.690. The van der Waals surface area contributed by atoms with E-state index in [-0.39, 0.29) is 29.7 Å². The van der Waals surface area contributed by atoms with Crippen LogP contribution in [0.2, 0.25) is 5.02 Å². The second-order valence-electron chi connectivity index (χ2n) is 4.85. The smallest absolute Gasteiger partial charge is 0.292 e. The zero-order valence-corrected chi connectivity index (χ0v) is 12.4. The van der Waals surface area contributed by atoms with Crippen LogP contribution in [0.5, 0.6) is 0 Å². The van der Waals surface area contributed by atoms with E-state index >= 15 is 0 Å². The van der Waals surface area contributed by atoms with E-state index in [1.54, 1.807) is 20.9 Å². The van der Waals surface area contributed by atoms with Crippen molar-refractivity contribution in [2.45, 2.75) is 20.4 Å². The van der Waals surface area contributed by atoms with Gasteiger partial charge in [-0.2, -0.15) is 5.10 Å². The summed E-state index contributed by atoms with van der Waals surface area (Å²) >= 11 is 5.95. The summed E-state index contributed by atoms with van der Waals surface area (Å²) in [7, 11) is 1.56. The summed E-state index contributed by atoms with van der Waals surface area (Å²) in [5.74, 6) is 2.20. The normalized spacial score (nSPS) is 10.8. The van der Waals surface area contributed by atoms with Crippen molar-refractivity contribution in [2.24, 2.45) is 5.41 Å². The Morgan fingerprint density at radius 1 is 1.60 bits per heavy atom. The number of carbonyl (C=O) groups excluding carboxylic acids is 1. The van der Waals surface area contributed by atoms with E-state index in [9.17, 15) is 9.59 Å². The Bertz CT molecular complexity index is 601. The van der Waals surface area contributed by atoms with Crippen LogP contribution in [0.15, 0.2) is 11.0 Å². The number of amides is 1. The highest BCUT2D eigenvalue weighted by Gasteiger charge is 2.27. The molecule has 0 spiro atoms. The lowest BCUT2D eigenvalue weighted by atomic mass is 9.92. The van der Waals surface area contributed by atoms with Crippen molar-refractivity contribution >= 4 is 23.2 Å². The first-order valence-corrected chi connectivity index (χ1v) is 6.36. The molecule has 6 nitrogen and oxygen atoms in total. The largest absolute Gasteiger partial charge is 0.378 e. The Labute approximate surface area is 122 Å². The second-order valence-corrected chi connectivity index (χ2v) is 5.26. The van der Waals surface area contributed by atoms with Gasteiger partial charge in [-0.25, -0.2) is 4.68 Å². The number of hydrogen-bond acceptors (Lipinski definition) is 4. The van der Waals surface area contributed by atoms with E-state index in [0.717, 1.165) is 4.68 Å². The molecule has 108 valence electrons. The SMILES string of the molecule is C#CCn1ncc(Cl)c(NCC(C)(C)C(=O)NC)c1=O. The lowest BCUT2D eigenvalue weighted by molar-refractivity contribution is -0.128. The number of nitrogens with one attached hydrogen (secondary N) is 2. The summed E-state index contributed by atoms with van der Waals surface area (Å²) in [4.78, 5) is 23.8. The molecule has 0 aliphatic heterocycles. The number of anilines is 1. The van der Waals surface area contributed by atoms with Gasteiger partial charge in [0.2, 0.25) is 5.91 Å². The molecular formula is C13H17ClN4O2. The zero-order chi connectivity index (χ0) is 15.3. The van der Waals surface area contributed by atoms with E-state index in [0.29, 0.717) is 0 Å². The van der Waals surface area contributed by atoms with Crippen LogP contribution in [-0.4, -0.2) is 29.3 Å². The Morgan fingerprint density at radius 2 is 2.25 bits per heavy atom. The fraction of sp³-hybridized carbons (Fsp3) is 0.462. The molecule has 20 heavy (non-hydrogen) atoms. The van der Waals surface area contributed by atoms with Crippen LogP contribution >= 0.6 is 11.6 Å². The van der Waals surface area contributed by atoms with Crippen molar-refractivity contribution in [1.29, 1.82) is 0 Å². The number of halogens is 1. The number of hydrogen-bond donors (Lipinski definition) is 2. The van der Waals surface area contributed by atoms with Crippen LogP contribution in [0.25, 0.3) is 0 Å². The molecule has 1 aromatic rings. The maximum absolute atomic E-state index is 12.1. The van der Waals surface area contributed by atoms with Crippen molar-refractivity contribution in [1.82, 2.24) is 15.1 Å². The predicted octanol–water partition coefficient (Wildman–Crippen LogP) is 0.714. The van der Waals surface area contributed by atoms with Crippen molar-refractivity contribution in [3.8, 4) is 12.3 Å². The standard InChI is InChI=1S/C13H17ClN4O2/c1-5-6-18-11(19)10(9(14)7-17-18)16-8-13(2,3)12(20)15-4/h1,7,16H,6,8H2,2-4H3,(H,15,20). The molecule has 1 rings (SSSR count). The molecule has 0 unspecified atom stereocenters. The molecule has 1 amide bonds. The molecule has 7 heteroatoms. The first-order valence-electron chi connectivity index (χ1n) is 5.98. The Hall–Kier alpha value is -2.00. The first kappa shape index (κ1) is 16.1. The van der Waals surface area contributed by atoms with E-state index in [4.69, 9.17) is 18.0 Å². The fourth-order valence-corrected chi connectivity index (χ4v) is 1.75. The van der Waals surface area contributed by atoms with Crippen molar-refractivity contribution in [2.75, 3.05) is 18.9 Å². The van der Waals surface area contributed by atoms with E-state index < -0.39 is 11.0 Å². The summed E-state index contributed by atoms with van der Waals surface area (Å²) in [6, 6.07) is 0. The van der Waals surface area contributed by atoms with Crippen molar-refractivity contribution in [3.63, 3.8) is 0 Å². The average Bonchev–Trinajstić information content (AvgIpc) is 2.41. The molecule has 0 aliphatic rings. The molecule has 0 fully saturated rings. The lowest BCUT2D eigenvalue weighted by Crippen LogP contribution is -2.40. The number of terminal acetylenes is 1. The molecule has 0 aromatic carbocycles. The van der Waals surface area contributed by atoms with Crippen molar-refractivity contribution < 1.29 is 4.79 Å². The van der Waals surface area contributed by atoms with Gasteiger partial charge in [0.1, 0.15) is 12.2 Å². The highest BCUT2D eigenvalue weighted by Crippen LogP contribution is 2.19. The van der Waals surface area contributed by atoms with Crippen LogP contribution < -0.4 is 16.2 Å². The van der Waals surface area contributed by atoms with E-state index in [1.807, 2.05) is 0 Å². The van der Waals surface area contributed by atoms with Crippen LogP contribution in [0.4, 0.5) is 5.69 Å². The summed E-state index contributed by atoms with van der Waals surface area (Å²) in [5.41, 5.74) is -0.915. The van der Waals surface area contributed by atoms with E-state index in [1.165, 1.54) is 6.20 Å². The van der Waals surface area contributed by atoms with Crippen molar-refractivity contribution in [3.05, 3.63) is 21.6 Å². The van der Waals surface area contributed by atoms with Crippen LogP contribution in [-0.2, 0) is 11.3 Å². The average molecular weight is 297 g/mol. The third-order valence-corrected chi connectivity index (χ3v) is 3.07. The van der Waals surface area contributed by atoms with Crippen LogP contribution in [0, 0.1) is 17.8 Å². The predicted molar refractivity (Wildman–Crippen MR) is 78.7 cm³/mol. The zero-order valence-electron chi connectivity index (χ0n) is 11.7. The maximum Gasteiger partial charge on any atom is 0.292 e. The Morgan fingerprint density at radius 3 is 2.80 bits per heavy atom. The van der Waals surface area contributed by atoms with Gasteiger partial charge >= 0.3 is 0 Å². The van der Waals surface area contributed by atoms with Gasteiger partial charge < -0.3 is 10.6 Å². The highest BCUT2D eigenvalue weighted by molar-refractivity contribution is 6.33. The summed E-state index contributed by atoms with van der Waals surface area (Å²) in [6.45, 7) is 3.83. The molecule has 1 heterocycles. The van der Waals surface area contributed by atoms with Gasteiger partial charge in [-0.05, 0) is 13.8 Å². The van der Waals surface area contributed by atoms with Gasteiger partial charge in [0.25, 0.3) is 5.56 Å². The van der Waals surface area contributed by atoms with Gasteiger partial charge in [-0.1, -0.05) is 17.5 Å². The monoisotopic (exact) mass is 296 g/mol. The van der Waals surface area contributed by atoms with E-state index in [2.05, 4.69) is 21.7 Å². The molecule has 0 aliphatic carbocycles. The minimum absolute atomic E-state index is 0.0590. The number of nitrogens with zero attached hydrogens (tertiary/aromatic N) is 2. The maximum atomic E-state index is 12.1. The Balaban J connectivity index is 2.99. The van der Waals surface area contributed by atoms with Crippen LogP contribution in [0.3, 0.4) is 0 Å². The number of carbonyl (C=O) groups is 1. The molecule has 1 aromatic heterocycles. The van der Waals surface area contributed by atoms with Gasteiger partial charge in [-0.15, -0.1) is 6.42 Å².